The van der Waals surface area contributed by atoms with Crippen molar-refractivity contribution in [3.05, 3.63) is 0 Å². The summed E-state index contributed by atoms with van der Waals surface area (Å²) < 4.78 is 4.90. The van der Waals surface area contributed by atoms with Crippen molar-refractivity contribution in [2.75, 3.05) is 13.6 Å². The number of likely N-dealkylation sites (N-methyl/N-ethyl adjacent to an activating group) is 1. The first-order valence-corrected chi connectivity index (χ1v) is 5.58. The Hall–Kier alpha value is -1.79. The number of carbonyl (C=O) groups excluding carboxylic acids is 3. The van der Waals surface area contributed by atoms with Crippen LogP contribution in [0.2, 0.25) is 0 Å². The van der Waals surface area contributed by atoms with Crippen LogP contribution in [-0.4, -0.2) is 37.1 Å². The molecule has 0 aromatic rings. The second-order valence-electron chi connectivity index (χ2n) is 4.35. The molecule has 0 aliphatic carbocycles. The second-order valence-corrected chi connectivity index (χ2v) is 4.35. The Morgan fingerprint density at radius 1 is 1.22 bits per heavy atom. The number of ether oxygens (including phenoxy) is 1. The van der Waals surface area contributed by atoms with Gasteiger partial charge in [-0.25, -0.2) is 4.79 Å². The van der Waals surface area contributed by atoms with E-state index in [9.17, 15) is 14.4 Å². The van der Waals surface area contributed by atoms with Gasteiger partial charge < -0.3 is 21.1 Å². The van der Waals surface area contributed by atoms with Gasteiger partial charge >= 0.3 is 6.09 Å². The summed E-state index contributed by atoms with van der Waals surface area (Å²) in [6.07, 6.45) is -0.143. The third-order valence-corrected chi connectivity index (χ3v) is 1.42. The number of nitrogens with one attached hydrogen (secondary N) is 2. The largest absolute Gasteiger partial charge is 0.444 e. The molecular formula is C11H23N3O4. The predicted octanol–water partition coefficient (Wildman–Crippen LogP) is 0.139. The molecule has 7 heteroatoms. The molecule has 4 N–H and O–H groups in total. The summed E-state index contributed by atoms with van der Waals surface area (Å²) in [5.74, 6) is -0.504. The smallest absolute Gasteiger partial charge is 0.408 e. The number of nitrogens with two attached hydrogens (primary N) is 1. The highest BCUT2D eigenvalue weighted by Crippen LogP contribution is 2.05. The molecule has 0 bridgehead atoms. The maximum atomic E-state index is 11.0. The molecule has 0 fully saturated rings. The Morgan fingerprint density at radius 2 is 1.67 bits per heavy atom. The topological polar surface area (TPSA) is 111 Å². The highest BCUT2D eigenvalue weighted by Gasteiger charge is 2.16. The molecule has 0 unspecified atom stereocenters. The van der Waals surface area contributed by atoms with Crippen molar-refractivity contribution in [3.63, 3.8) is 0 Å². The molecule has 0 saturated heterocycles. The van der Waals surface area contributed by atoms with Gasteiger partial charge in [-0.1, -0.05) is 6.92 Å². The molecule has 0 rings (SSSR count). The Bertz CT molecular complexity index is 285. The zero-order valence-corrected chi connectivity index (χ0v) is 11.6. The van der Waals surface area contributed by atoms with Gasteiger partial charge in [-0.2, -0.15) is 0 Å². The van der Waals surface area contributed by atoms with Crippen molar-refractivity contribution >= 4 is 17.9 Å². The zero-order chi connectivity index (χ0) is 14.8. The molecule has 0 spiro atoms. The molecule has 0 aromatic carbocycles. The number of hydrogen-bond acceptors (Lipinski definition) is 4. The molecule has 0 aliphatic heterocycles. The second kappa shape index (κ2) is 9.26. The molecule has 3 amide bonds. The fourth-order valence-corrected chi connectivity index (χ4v) is 0.555. The third-order valence-electron chi connectivity index (χ3n) is 1.42. The number of amides is 3. The highest BCUT2D eigenvalue weighted by molar-refractivity contribution is 5.81. The summed E-state index contributed by atoms with van der Waals surface area (Å²) in [7, 11) is 1.50. The molecule has 0 aromatic heterocycles. The van der Waals surface area contributed by atoms with E-state index in [4.69, 9.17) is 4.74 Å². The molecule has 106 valence electrons. The Kier molecular flexibility index (Phi) is 9.56. The molecular weight excluding hydrogens is 238 g/mol. The maximum absolute atomic E-state index is 11.0. The quantitative estimate of drug-likeness (QED) is 0.671. The predicted molar refractivity (Wildman–Crippen MR) is 67.8 cm³/mol. The zero-order valence-electron chi connectivity index (χ0n) is 11.6. The summed E-state index contributed by atoms with van der Waals surface area (Å²) >= 11 is 0. The van der Waals surface area contributed by atoms with Gasteiger partial charge in [0, 0.05) is 13.5 Å². The van der Waals surface area contributed by atoms with Crippen LogP contribution in [0.25, 0.3) is 0 Å². The van der Waals surface area contributed by atoms with Crippen molar-refractivity contribution in [1.29, 1.82) is 0 Å². The lowest BCUT2D eigenvalue weighted by molar-refractivity contribution is -0.120. The van der Waals surface area contributed by atoms with E-state index < -0.39 is 11.7 Å². The summed E-state index contributed by atoms with van der Waals surface area (Å²) in [6, 6.07) is 0. The number of hydrogen-bond donors (Lipinski definition) is 3. The highest BCUT2D eigenvalue weighted by atomic mass is 16.6. The van der Waals surface area contributed by atoms with Crippen molar-refractivity contribution in [2.45, 2.75) is 39.7 Å². The summed E-state index contributed by atoms with van der Waals surface area (Å²) in [6.45, 7) is 6.93. The number of rotatable bonds is 3. The van der Waals surface area contributed by atoms with Gasteiger partial charge in [0.05, 0.1) is 6.54 Å². The van der Waals surface area contributed by atoms with E-state index in [1.54, 1.807) is 27.7 Å². The third kappa shape index (κ3) is 16.6. The molecule has 0 aliphatic rings. The summed E-state index contributed by atoms with van der Waals surface area (Å²) in [5, 5.41) is 4.69. The number of carbonyl (C=O) groups is 3. The van der Waals surface area contributed by atoms with Gasteiger partial charge in [-0.15, -0.1) is 0 Å². The number of primary amides is 1. The van der Waals surface area contributed by atoms with Gasteiger partial charge in [0.2, 0.25) is 11.8 Å². The van der Waals surface area contributed by atoms with Crippen LogP contribution in [0.3, 0.4) is 0 Å². The monoisotopic (exact) mass is 261 g/mol. The van der Waals surface area contributed by atoms with Gasteiger partial charge in [0.25, 0.3) is 0 Å². The van der Waals surface area contributed by atoms with E-state index in [0.29, 0.717) is 6.42 Å². The van der Waals surface area contributed by atoms with E-state index in [2.05, 4.69) is 16.4 Å². The first kappa shape index (κ1) is 18.6. The van der Waals surface area contributed by atoms with Crippen molar-refractivity contribution < 1.29 is 19.1 Å². The average Bonchev–Trinajstić information content (AvgIpc) is 2.24. The molecule has 0 heterocycles. The van der Waals surface area contributed by atoms with Crippen LogP contribution in [0.4, 0.5) is 4.79 Å². The molecule has 18 heavy (non-hydrogen) atoms. The normalized spacial score (nSPS) is 9.61. The van der Waals surface area contributed by atoms with Crippen LogP contribution in [0.5, 0.6) is 0 Å². The van der Waals surface area contributed by atoms with E-state index in [1.807, 2.05) is 0 Å². The van der Waals surface area contributed by atoms with Crippen LogP contribution in [0.1, 0.15) is 34.1 Å². The van der Waals surface area contributed by atoms with E-state index in [-0.39, 0.29) is 18.4 Å². The molecule has 7 nitrogen and oxygen atoms in total. The molecule has 0 radical (unpaired) electrons. The summed E-state index contributed by atoms with van der Waals surface area (Å²) in [5.41, 5.74) is 4.12. The van der Waals surface area contributed by atoms with E-state index in [0.717, 1.165) is 0 Å². The lowest BCUT2D eigenvalue weighted by Gasteiger charge is -2.19. The number of alkyl carbamates (subject to hydrolysis) is 1. The van der Waals surface area contributed by atoms with Crippen LogP contribution in [0.15, 0.2) is 0 Å². The minimum atomic E-state index is -0.587. The Balaban J connectivity index is 0. The van der Waals surface area contributed by atoms with E-state index >= 15 is 0 Å². The van der Waals surface area contributed by atoms with Crippen molar-refractivity contribution in [1.82, 2.24) is 10.6 Å². The lowest BCUT2D eigenvalue weighted by Crippen LogP contribution is -2.38. The average molecular weight is 261 g/mol. The first-order chi connectivity index (χ1) is 8.12. The minimum absolute atomic E-state index is 0.0641. The Morgan fingerprint density at radius 3 is 1.94 bits per heavy atom. The van der Waals surface area contributed by atoms with Crippen LogP contribution < -0.4 is 16.4 Å². The van der Waals surface area contributed by atoms with Gasteiger partial charge in [-0.05, 0) is 20.8 Å². The van der Waals surface area contributed by atoms with Gasteiger partial charge in [0.15, 0.2) is 0 Å². The standard InChI is InChI=1S/C8H16N2O3.C3H7NO/c1-8(2,3)13-7(12)10-5-6(11)9-4;1-2-3(4)5/h5H2,1-4H3,(H,9,11)(H,10,12);2H2,1H3,(H2,4,5). The van der Waals surface area contributed by atoms with Crippen LogP contribution >= 0.6 is 0 Å². The first-order valence-electron chi connectivity index (χ1n) is 5.58. The molecule has 0 atom stereocenters. The summed E-state index contributed by atoms with van der Waals surface area (Å²) in [4.78, 5) is 31.3. The van der Waals surface area contributed by atoms with E-state index in [1.165, 1.54) is 7.05 Å². The fourth-order valence-electron chi connectivity index (χ4n) is 0.555. The Labute approximate surface area is 107 Å². The minimum Gasteiger partial charge on any atom is -0.444 e. The van der Waals surface area contributed by atoms with Gasteiger partial charge in [0.1, 0.15) is 5.60 Å². The van der Waals surface area contributed by atoms with Crippen molar-refractivity contribution in [2.24, 2.45) is 5.73 Å². The van der Waals surface area contributed by atoms with Crippen LogP contribution in [0, 0.1) is 0 Å². The fraction of sp³-hybridized carbons (Fsp3) is 0.727. The van der Waals surface area contributed by atoms with Gasteiger partial charge in [-0.3, -0.25) is 9.59 Å². The SMILES string of the molecule is CCC(N)=O.CNC(=O)CNC(=O)OC(C)(C)C. The molecule has 0 saturated carbocycles. The van der Waals surface area contributed by atoms with Crippen molar-refractivity contribution in [3.8, 4) is 0 Å². The van der Waals surface area contributed by atoms with Crippen LogP contribution in [-0.2, 0) is 14.3 Å². The lowest BCUT2D eigenvalue weighted by atomic mass is 10.2. The maximum Gasteiger partial charge on any atom is 0.408 e.